The Hall–Kier alpha value is -0.650. The van der Waals surface area contributed by atoms with Gasteiger partial charge >= 0.3 is 0 Å². The standard InChI is InChI=1S/C18H33N3O2/c1-19(2)12-17(22)21-10-8-18(9-11-21)7-6-16(20(18)3)14-23-13-15-4-5-15/h15-16H,4-14H2,1-3H3/t16-/m1/s1. The molecule has 1 saturated carbocycles. The van der Waals surface area contributed by atoms with Crippen molar-refractivity contribution in [2.24, 2.45) is 5.92 Å². The molecule has 0 radical (unpaired) electrons. The second kappa shape index (κ2) is 7.08. The van der Waals surface area contributed by atoms with Crippen LogP contribution in [0.4, 0.5) is 0 Å². The number of rotatable bonds is 6. The van der Waals surface area contributed by atoms with Crippen molar-refractivity contribution in [1.82, 2.24) is 14.7 Å². The van der Waals surface area contributed by atoms with Crippen molar-refractivity contribution in [2.75, 3.05) is 54.0 Å². The summed E-state index contributed by atoms with van der Waals surface area (Å²) in [6.45, 7) is 4.20. The van der Waals surface area contributed by atoms with Gasteiger partial charge in [-0.3, -0.25) is 9.69 Å². The lowest BCUT2D eigenvalue weighted by Gasteiger charge is -2.45. The van der Waals surface area contributed by atoms with E-state index in [0.29, 0.717) is 18.1 Å². The van der Waals surface area contributed by atoms with E-state index in [4.69, 9.17) is 4.74 Å². The van der Waals surface area contributed by atoms with Gasteiger partial charge in [-0.25, -0.2) is 0 Å². The molecule has 3 fully saturated rings. The highest BCUT2D eigenvalue weighted by atomic mass is 16.5. The maximum atomic E-state index is 12.2. The van der Waals surface area contributed by atoms with E-state index in [1.54, 1.807) is 0 Å². The highest BCUT2D eigenvalue weighted by molar-refractivity contribution is 5.78. The molecule has 5 heteroatoms. The molecule has 5 nitrogen and oxygen atoms in total. The number of likely N-dealkylation sites (N-methyl/N-ethyl adjacent to an activating group) is 2. The monoisotopic (exact) mass is 323 g/mol. The van der Waals surface area contributed by atoms with E-state index in [0.717, 1.165) is 45.1 Å². The third kappa shape index (κ3) is 4.06. The number of likely N-dealkylation sites (tertiary alicyclic amines) is 2. The lowest BCUT2D eigenvalue weighted by molar-refractivity contribution is -0.134. The zero-order chi connectivity index (χ0) is 16.4. The van der Waals surface area contributed by atoms with Gasteiger partial charge in [-0.15, -0.1) is 0 Å². The molecule has 1 aliphatic carbocycles. The predicted molar refractivity (Wildman–Crippen MR) is 91.4 cm³/mol. The number of carbonyl (C=O) groups excluding carboxylic acids is 1. The van der Waals surface area contributed by atoms with Crippen LogP contribution in [0.25, 0.3) is 0 Å². The molecule has 0 unspecified atom stereocenters. The van der Waals surface area contributed by atoms with Gasteiger partial charge in [-0.1, -0.05) is 0 Å². The van der Waals surface area contributed by atoms with Crippen molar-refractivity contribution in [3.05, 3.63) is 0 Å². The van der Waals surface area contributed by atoms with Gasteiger partial charge in [0.15, 0.2) is 0 Å². The summed E-state index contributed by atoms with van der Waals surface area (Å²) in [5.74, 6) is 1.12. The zero-order valence-electron chi connectivity index (χ0n) is 15.1. The third-order valence-corrected chi connectivity index (χ3v) is 6.10. The molecule has 3 aliphatic rings. The van der Waals surface area contributed by atoms with Crippen LogP contribution < -0.4 is 0 Å². The number of hydrogen-bond acceptors (Lipinski definition) is 4. The minimum Gasteiger partial charge on any atom is -0.380 e. The highest BCUT2D eigenvalue weighted by Crippen LogP contribution is 2.40. The Balaban J connectivity index is 1.46. The Morgan fingerprint density at radius 1 is 1.13 bits per heavy atom. The van der Waals surface area contributed by atoms with Crippen LogP contribution >= 0.6 is 0 Å². The van der Waals surface area contributed by atoms with Crippen LogP contribution in [0.2, 0.25) is 0 Å². The second-order valence-corrected chi connectivity index (χ2v) is 8.13. The molecule has 1 atom stereocenters. The van der Waals surface area contributed by atoms with Crippen LogP contribution in [-0.2, 0) is 9.53 Å². The Morgan fingerprint density at radius 3 is 2.43 bits per heavy atom. The molecule has 0 bridgehead atoms. The highest BCUT2D eigenvalue weighted by Gasteiger charge is 2.46. The van der Waals surface area contributed by atoms with Crippen LogP contribution in [0.1, 0.15) is 38.5 Å². The molecule has 132 valence electrons. The average Bonchev–Trinajstić information content (AvgIpc) is 3.29. The molecule has 2 aliphatic heterocycles. The maximum absolute atomic E-state index is 12.2. The smallest absolute Gasteiger partial charge is 0.236 e. The van der Waals surface area contributed by atoms with Crippen LogP contribution in [0.3, 0.4) is 0 Å². The van der Waals surface area contributed by atoms with E-state index in [1.807, 2.05) is 19.0 Å². The molecular formula is C18H33N3O2. The summed E-state index contributed by atoms with van der Waals surface area (Å²) < 4.78 is 5.94. The summed E-state index contributed by atoms with van der Waals surface area (Å²) >= 11 is 0. The SMILES string of the molecule is CN(C)CC(=O)N1CCC2(CC[C@H](COCC3CC3)N2C)CC1. The summed E-state index contributed by atoms with van der Waals surface area (Å²) in [6.07, 6.45) is 7.45. The summed E-state index contributed by atoms with van der Waals surface area (Å²) in [7, 11) is 6.19. The van der Waals surface area contributed by atoms with Gasteiger partial charge in [0.2, 0.25) is 5.91 Å². The topological polar surface area (TPSA) is 36.0 Å². The zero-order valence-corrected chi connectivity index (χ0v) is 15.1. The minimum atomic E-state index is 0.273. The van der Waals surface area contributed by atoms with Gasteiger partial charge in [0, 0.05) is 31.3 Å². The van der Waals surface area contributed by atoms with Gasteiger partial charge in [-0.05, 0) is 65.6 Å². The van der Waals surface area contributed by atoms with E-state index >= 15 is 0 Å². The fourth-order valence-electron chi connectivity index (χ4n) is 4.19. The normalized spacial score (nSPS) is 28.0. The largest absolute Gasteiger partial charge is 0.380 e. The van der Waals surface area contributed by atoms with E-state index in [1.165, 1.54) is 25.7 Å². The quantitative estimate of drug-likeness (QED) is 0.741. The molecule has 2 heterocycles. The maximum Gasteiger partial charge on any atom is 0.236 e. The molecule has 1 amide bonds. The first-order chi connectivity index (χ1) is 11.0. The summed E-state index contributed by atoms with van der Waals surface area (Å²) in [5.41, 5.74) is 0.308. The van der Waals surface area contributed by atoms with Crippen LogP contribution in [0.5, 0.6) is 0 Å². The van der Waals surface area contributed by atoms with Crippen molar-refractivity contribution in [3.63, 3.8) is 0 Å². The van der Waals surface area contributed by atoms with Crippen molar-refractivity contribution in [2.45, 2.75) is 50.1 Å². The first kappa shape index (κ1) is 17.2. The fraction of sp³-hybridized carbons (Fsp3) is 0.944. The van der Waals surface area contributed by atoms with Crippen LogP contribution in [0, 0.1) is 5.92 Å². The van der Waals surface area contributed by atoms with E-state index in [2.05, 4.69) is 16.8 Å². The van der Waals surface area contributed by atoms with Crippen molar-refractivity contribution < 1.29 is 9.53 Å². The van der Waals surface area contributed by atoms with Gasteiger partial charge in [0.1, 0.15) is 0 Å². The summed E-state index contributed by atoms with van der Waals surface area (Å²) in [5, 5.41) is 0. The molecule has 0 aromatic rings. The minimum absolute atomic E-state index is 0.273. The first-order valence-electron chi connectivity index (χ1n) is 9.23. The van der Waals surface area contributed by atoms with Crippen molar-refractivity contribution in [1.29, 1.82) is 0 Å². The number of ether oxygens (including phenoxy) is 1. The number of amides is 1. The molecule has 0 aromatic heterocycles. The Bertz CT molecular complexity index is 414. The average molecular weight is 323 g/mol. The molecule has 23 heavy (non-hydrogen) atoms. The lowest BCUT2D eigenvalue weighted by Crippen LogP contribution is -2.54. The number of hydrogen-bond donors (Lipinski definition) is 0. The Kier molecular flexibility index (Phi) is 5.29. The van der Waals surface area contributed by atoms with Gasteiger partial charge < -0.3 is 14.5 Å². The molecule has 3 rings (SSSR count). The van der Waals surface area contributed by atoms with Gasteiger partial charge in [-0.2, -0.15) is 0 Å². The van der Waals surface area contributed by atoms with Crippen LogP contribution in [0.15, 0.2) is 0 Å². The number of carbonyl (C=O) groups is 1. The molecule has 0 aromatic carbocycles. The molecule has 1 spiro atoms. The van der Waals surface area contributed by atoms with E-state index in [9.17, 15) is 4.79 Å². The predicted octanol–water partition coefficient (Wildman–Crippen LogP) is 1.43. The van der Waals surface area contributed by atoms with E-state index < -0.39 is 0 Å². The van der Waals surface area contributed by atoms with Crippen LogP contribution in [-0.4, -0.2) is 86.2 Å². The van der Waals surface area contributed by atoms with Gasteiger partial charge in [0.05, 0.1) is 13.2 Å². The summed E-state index contributed by atoms with van der Waals surface area (Å²) in [6, 6.07) is 0.567. The van der Waals surface area contributed by atoms with Crippen molar-refractivity contribution in [3.8, 4) is 0 Å². The Morgan fingerprint density at radius 2 is 1.83 bits per heavy atom. The van der Waals surface area contributed by atoms with Crippen molar-refractivity contribution >= 4 is 5.91 Å². The lowest BCUT2D eigenvalue weighted by atomic mass is 9.85. The summed E-state index contributed by atoms with van der Waals surface area (Å²) in [4.78, 5) is 18.8. The van der Waals surface area contributed by atoms with Gasteiger partial charge in [0.25, 0.3) is 0 Å². The number of nitrogens with zero attached hydrogens (tertiary/aromatic N) is 3. The second-order valence-electron chi connectivity index (χ2n) is 8.13. The molecule has 2 saturated heterocycles. The molecule has 0 N–H and O–H groups in total. The fourth-order valence-corrected chi connectivity index (χ4v) is 4.19. The Labute approximate surface area is 140 Å². The molecular weight excluding hydrogens is 290 g/mol. The third-order valence-electron chi connectivity index (χ3n) is 6.10. The number of piperidine rings is 1. The van der Waals surface area contributed by atoms with E-state index in [-0.39, 0.29) is 5.91 Å². The first-order valence-corrected chi connectivity index (χ1v) is 9.23.